The first-order valence-corrected chi connectivity index (χ1v) is 6.91. The van der Waals surface area contributed by atoms with Crippen molar-refractivity contribution in [1.29, 1.82) is 0 Å². The van der Waals surface area contributed by atoms with Gasteiger partial charge in [-0.15, -0.1) is 0 Å². The molecule has 20 heavy (non-hydrogen) atoms. The number of rotatable bonds is 5. The number of ether oxygens (including phenoxy) is 2. The lowest BCUT2D eigenvalue weighted by Gasteiger charge is -2.16. The first-order chi connectivity index (χ1) is 9.58. The summed E-state index contributed by atoms with van der Waals surface area (Å²) >= 11 is 4.78. The van der Waals surface area contributed by atoms with Crippen molar-refractivity contribution >= 4 is 28.8 Å². The second-order valence-corrected chi connectivity index (χ2v) is 5.24. The highest BCUT2D eigenvalue weighted by Crippen LogP contribution is 2.27. The van der Waals surface area contributed by atoms with E-state index in [2.05, 4.69) is 5.32 Å². The minimum absolute atomic E-state index is 0.0543. The molecule has 1 amide bonds. The molecule has 1 fully saturated rings. The molecule has 2 unspecified atom stereocenters. The number of nitrogens with one attached hydrogen (secondary N) is 1. The first kappa shape index (κ1) is 14.7. The van der Waals surface area contributed by atoms with Gasteiger partial charge >= 0.3 is 0 Å². The molecule has 0 bridgehead atoms. The summed E-state index contributed by atoms with van der Waals surface area (Å²) in [4.78, 5) is 12.5. The third-order valence-electron chi connectivity index (χ3n) is 3.23. The van der Waals surface area contributed by atoms with Crippen molar-refractivity contribution in [3.63, 3.8) is 0 Å². The summed E-state index contributed by atoms with van der Waals surface area (Å²) in [5.74, 6) is 0.375. The molecular weight excluding hydrogens is 276 g/mol. The van der Waals surface area contributed by atoms with E-state index >= 15 is 0 Å². The maximum atomic E-state index is 12.2. The normalized spacial score (nSPS) is 21.4. The molecule has 0 radical (unpaired) electrons. The van der Waals surface area contributed by atoms with Crippen molar-refractivity contribution in [1.82, 2.24) is 0 Å². The smallest absolute Gasteiger partial charge is 0.230 e. The highest BCUT2D eigenvalue weighted by Gasteiger charge is 2.31. The Bertz CT molecular complexity index is 507. The lowest BCUT2D eigenvalue weighted by Crippen LogP contribution is -2.28. The molecule has 3 N–H and O–H groups in total. The highest BCUT2D eigenvalue weighted by atomic mass is 32.1. The zero-order valence-corrected chi connectivity index (χ0v) is 12.1. The molecule has 0 aliphatic carbocycles. The summed E-state index contributed by atoms with van der Waals surface area (Å²) in [7, 11) is 0. The lowest BCUT2D eigenvalue weighted by molar-refractivity contribution is -0.121. The zero-order valence-electron chi connectivity index (χ0n) is 11.3. The minimum atomic E-state index is -0.126. The van der Waals surface area contributed by atoms with E-state index in [9.17, 15) is 4.79 Å². The number of para-hydroxylation sites is 2. The number of thiocarbonyl (C=S) groups is 1. The molecule has 1 aromatic carbocycles. The average Bonchev–Trinajstić information content (AvgIpc) is 2.84. The molecule has 1 heterocycles. The van der Waals surface area contributed by atoms with Crippen LogP contribution in [-0.2, 0) is 9.53 Å². The van der Waals surface area contributed by atoms with E-state index in [1.807, 2.05) is 19.1 Å². The molecule has 0 spiro atoms. The van der Waals surface area contributed by atoms with Gasteiger partial charge in [-0.3, -0.25) is 4.79 Å². The molecule has 5 nitrogen and oxygen atoms in total. The quantitative estimate of drug-likeness (QED) is 0.809. The second-order valence-electron chi connectivity index (χ2n) is 4.71. The van der Waals surface area contributed by atoms with Gasteiger partial charge in [-0.2, -0.15) is 0 Å². The van der Waals surface area contributed by atoms with Gasteiger partial charge < -0.3 is 20.5 Å². The molecule has 0 aromatic heterocycles. The third kappa shape index (κ3) is 3.68. The van der Waals surface area contributed by atoms with Crippen molar-refractivity contribution in [2.24, 2.45) is 11.7 Å². The van der Waals surface area contributed by atoms with E-state index in [0.717, 1.165) is 6.42 Å². The van der Waals surface area contributed by atoms with Crippen LogP contribution in [0.15, 0.2) is 24.3 Å². The number of hydrogen-bond acceptors (Lipinski definition) is 4. The number of carbonyl (C=O) groups excluding carboxylic acids is 1. The topological polar surface area (TPSA) is 73.6 Å². The summed E-state index contributed by atoms with van der Waals surface area (Å²) in [6.45, 7) is 2.68. The van der Waals surface area contributed by atoms with E-state index in [4.69, 9.17) is 27.4 Å². The number of benzene rings is 1. The van der Waals surface area contributed by atoms with Gasteiger partial charge in [0.2, 0.25) is 5.91 Å². The Balaban J connectivity index is 2.04. The molecule has 2 rings (SSSR count). The SMILES string of the molecule is CC1OCCC1C(=O)Nc1ccccc1OCC(N)=S. The molecule has 108 valence electrons. The molecule has 1 aliphatic rings. The number of hydrogen-bond donors (Lipinski definition) is 2. The molecule has 1 saturated heterocycles. The fourth-order valence-corrected chi connectivity index (χ4v) is 2.21. The van der Waals surface area contributed by atoms with Crippen LogP contribution in [0.1, 0.15) is 13.3 Å². The van der Waals surface area contributed by atoms with Gasteiger partial charge in [-0.05, 0) is 25.5 Å². The minimum Gasteiger partial charge on any atom is -0.484 e. The van der Waals surface area contributed by atoms with Gasteiger partial charge in [0.1, 0.15) is 17.3 Å². The molecule has 6 heteroatoms. The standard InChI is InChI=1S/C14H18N2O3S/c1-9-10(6-7-18-9)14(17)16-11-4-2-3-5-12(11)19-8-13(15)20/h2-5,9-10H,6-8H2,1H3,(H2,15,20)(H,16,17). The van der Waals surface area contributed by atoms with Gasteiger partial charge in [0.05, 0.1) is 17.7 Å². The van der Waals surface area contributed by atoms with Gasteiger partial charge in [0.15, 0.2) is 0 Å². The van der Waals surface area contributed by atoms with Crippen molar-refractivity contribution in [3.05, 3.63) is 24.3 Å². The van der Waals surface area contributed by atoms with Crippen molar-refractivity contribution < 1.29 is 14.3 Å². The van der Waals surface area contributed by atoms with E-state index in [1.165, 1.54) is 0 Å². The average molecular weight is 294 g/mol. The Hall–Kier alpha value is -1.66. The Morgan fingerprint density at radius 2 is 2.30 bits per heavy atom. The van der Waals surface area contributed by atoms with Gasteiger partial charge in [-0.25, -0.2) is 0 Å². The predicted octanol–water partition coefficient (Wildman–Crippen LogP) is 1.72. The van der Waals surface area contributed by atoms with Crippen LogP contribution in [0, 0.1) is 5.92 Å². The largest absolute Gasteiger partial charge is 0.484 e. The maximum Gasteiger partial charge on any atom is 0.230 e. The molecule has 1 aromatic rings. The van der Waals surface area contributed by atoms with E-state index in [0.29, 0.717) is 18.0 Å². The number of carbonyl (C=O) groups is 1. The van der Waals surface area contributed by atoms with Crippen molar-refractivity contribution in [2.45, 2.75) is 19.4 Å². The van der Waals surface area contributed by atoms with E-state index in [-0.39, 0.29) is 29.5 Å². The highest BCUT2D eigenvalue weighted by molar-refractivity contribution is 7.80. The van der Waals surface area contributed by atoms with Crippen LogP contribution in [0.4, 0.5) is 5.69 Å². The zero-order chi connectivity index (χ0) is 14.5. The van der Waals surface area contributed by atoms with Crippen LogP contribution in [-0.4, -0.2) is 30.2 Å². The Morgan fingerprint density at radius 3 is 2.95 bits per heavy atom. The van der Waals surface area contributed by atoms with Crippen molar-refractivity contribution in [3.8, 4) is 5.75 Å². The van der Waals surface area contributed by atoms with Crippen LogP contribution in [0.3, 0.4) is 0 Å². The summed E-state index contributed by atoms with van der Waals surface area (Å²) in [6.07, 6.45) is 0.683. The van der Waals surface area contributed by atoms with Crippen LogP contribution in [0.2, 0.25) is 0 Å². The number of nitrogens with two attached hydrogens (primary N) is 1. The van der Waals surface area contributed by atoms with E-state index < -0.39 is 0 Å². The summed E-state index contributed by atoms with van der Waals surface area (Å²) in [5, 5.41) is 2.88. The van der Waals surface area contributed by atoms with E-state index in [1.54, 1.807) is 12.1 Å². The molecule has 1 aliphatic heterocycles. The fourth-order valence-electron chi connectivity index (χ4n) is 2.15. The van der Waals surface area contributed by atoms with Crippen LogP contribution in [0.25, 0.3) is 0 Å². The number of amides is 1. The molecule has 2 atom stereocenters. The van der Waals surface area contributed by atoms with Crippen LogP contribution < -0.4 is 15.8 Å². The summed E-state index contributed by atoms with van der Waals surface area (Å²) in [6, 6.07) is 7.21. The predicted molar refractivity (Wildman–Crippen MR) is 80.9 cm³/mol. The summed E-state index contributed by atoms with van der Waals surface area (Å²) < 4.78 is 10.9. The fraction of sp³-hybridized carbons (Fsp3) is 0.429. The maximum absolute atomic E-state index is 12.2. The third-order valence-corrected chi connectivity index (χ3v) is 3.35. The van der Waals surface area contributed by atoms with Crippen molar-refractivity contribution in [2.75, 3.05) is 18.5 Å². The monoisotopic (exact) mass is 294 g/mol. The second kappa shape index (κ2) is 6.67. The Morgan fingerprint density at radius 1 is 1.55 bits per heavy atom. The molecular formula is C14H18N2O3S. The van der Waals surface area contributed by atoms with Gasteiger partial charge in [0, 0.05) is 6.61 Å². The van der Waals surface area contributed by atoms with Gasteiger partial charge in [-0.1, -0.05) is 24.4 Å². The summed E-state index contributed by atoms with van der Waals surface area (Å²) in [5.41, 5.74) is 6.03. The first-order valence-electron chi connectivity index (χ1n) is 6.50. The van der Waals surface area contributed by atoms with Crippen LogP contribution in [0.5, 0.6) is 5.75 Å². The van der Waals surface area contributed by atoms with Crippen LogP contribution >= 0.6 is 12.2 Å². The lowest BCUT2D eigenvalue weighted by atomic mass is 10.0. The van der Waals surface area contributed by atoms with Gasteiger partial charge in [0.25, 0.3) is 0 Å². The Labute approximate surface area is 123 Å². The molecule has 0 saturated carbocycles. The Kier molecular flexibility index (Phi) is 4.92. The number of anilines is 1.